The average molecular weight is 225 g/mol. The zero-order valence-electron chi connectivity index (χ0n) is 10.2. The largest absolute Gasteiger partial charge is 0.458 e. The third-order valence-electron chi connectivity index (χ3n) is 2.39. The van der Waals surface area contributed by atoms with Gasteiger partial charge in [0.25, 0.3) is 0 Å². The van der Waals surface area contributed by atoms with E-state index in [-0.39, 0.29) is 11.9 Å². The zero-order chi connectivity index (χ0) is 12.3. The van der Waals surface area contributed by atoms with E-state index in [2.05, 4.69) is 6.58 Å². The van der Waals surface area contributed by atoms with Gasteiger partial charge in [-0.25, -0.2) is 4.79 Å². The van der Waals surface area contributed by atoms with Gasteiger partial charge in [0.2, 0.25) is 5.91 Å². The topological polar surface area (TPSA) is 46.6 Å². The van der Waals surface area contributed by atoms with Gasteiger partial charge in [-0.3, -0.25) is 4.79 Å². The monoisotopic (exact) mass is 225 g/mol. The SMILES string of the molecule is C=CC(=O)N1CCCC1C(=O)OC(C)(C)C. The molecule has 0 aromatic heterocycles. The van der Waals surface area contributed by atoms with E-state index < -0.39 is 11.6 Å². The number of carbonyl (C=O) groups excluding carboxylic acids is 2. The maximum atomic E-state index is 11.8. The maximum Gasteiger partial charge on any atom is 0.329 e. The van der Waals surface area contributed by atoms with Crippen molar-refractivity contribution < 1.29 is 14.3 Å². The summed E-state index contributed by atoms with van der Waals surface area (Å²) in [5.74, 6) is -0.520. The first-order chi connectivity index (χ1) is 7.35. The quantitative estimate of drug-likeness (QED) is 0.528. The molecule has 0 aliphatic carbocycles. The van der Waals surface area contributed by atoms with Crippen LogP contribution >= 0.6 is 0 Å². The van der Waals surface area contributed by atoms with Crippen LogP contribution in [0.3, 0.4) is 0 Å². The van der Waals surface area contributed by atoms with Crippen LogP contribution in [0.1, 0.15) is 33.6 Å². The second kappa shape index (κ2) is 4.68. The predicted molar refractivity (Wildman–Crippen MR) is 60.8 cm³/mol. The van der Waals surface area contributed by atoms with Crippen molar-refractivity contribution in [2.45, 2.75) is 45.3 Å². The van der Waals surface area contributed by atoms with Crippen molar-refractivity contribution in [3.05, 3.63) is 12.7 Å². The van der Waals surface area contributed by atoms with E-state index in [9.17, 15) is 9.59 Å². The molecule has 16 heavy (non-hydrogen) atoms. The fourth-order valence-electron chi connectivity index (χ4n) is 1.76. The van der Waals surface area contributed by atoms with E-state index >= 15 is 0 Å². The lowest BCUT2D eigenvalue weighted by Gasteiger charge is -2.26. The van der Waals surface area contributed by atoms with Gasteiger partial charge >= 0.3 is 5.97 Å². The maximum absolute atomic E-state index is 11.8. The molecule has 1 unspecified atom stereocenters. The van der Waals surface area contributed by atoms with E-state index in [4.69, 9.17) is 4.74 Å². The molecular formula is C12H19NO3. The number of amides is 1. The second-order valence-corrected chi connectivity index (χ2v) is 4.93. The number of ether oxygens (including phenoxy) is 1. The zero-order valence-corrected chi connectivity index (χ0v) is 10.2. The minimum Gasteiger partial charge on any atom is -0.458 e. The molecular weight excluding hydrogens is 206 g/mol. The molecule has 1 rings (SSSR count). The van der Waals surface area contributed by atoms with Gasteiger partial charge in [-0.05, 0) is 39.7 Å². The van der Waals surface area contributed by atoms with Crippen molar-refractivity contribution in [3.63, 3.8) is 0 Å². The number of carbonyl (C=O) groups is 2. The molecule has 0 bridgehead atoms. The summed E-state index contributed by atoms with van der Waals surface area (Å²) in [4.78, 5) is 24.9. The average Bonchev–Trinajstić information content (AvgIpc) is 2.62. The highest BCUT2D eigenvalue weighted by Gasteiger charge is 2.35. The molecule has 1 fully saturated rings. The predicted octanol–water partition coefficient (Wildman–Crippen LogP) is 1.51. The van der Waals surface area contributed by atoms with Crippen LogP contribution in [0.25, 0.3) is 0 Å². The molecule has 1 aliphatic heterocycles. The summed E-state index contributed by atoms with van der Waals surface area (Å²) in [7, 11) is 0. The minimum atomic E-state index is -0.511. The van der Waals surface area contributed by atoms with Gasteiger partial charge in [-0.1, -0.05) is 6.58 Å². The molecule has 4 nitrogen and oxygen atoms in total. The van der Waals surface area contributed by atoms with E-state index in [0.717, 1.165) is 6.42 Å². The van der Waals surface area contributed by atoms with Crippen LogP contribution in [-0.2, 0) is 14.3 Å². The standard InChI is InChI=1S/C12H19NO3/c1-5-10(14)13-8-6-7-9(13)11(15)16-12(2,3)4/h5,9H,1,6-8H2,2-4H3. The highest BCUT2D eigenvalue weighted by atomic mass is 16.6. The Labute approximate surface area is 96.3 Å². The van der Waals surface area contributed by atoms with Gasteiger partial charge in [0.05, 0.1) is 0 Å². The smallest absolute Gasteiger partial charge is 0.329 e. The summed E-state index contributed by atoms with van der Waals surface area (Å²) in [5, 5.41) is 0. The normalized spacial score (nSPS) is 20.7. The number of hydrogen-bond acceptors (Lipinski definition) is 3. The molecule has 1 saturated heterocycles. The van der Waals surface area contributed by atoms with Gasteiger partial charge in [0, 0.05) is 6.54 Å². The van der Waals surface area contributed by atoms with Crippen molar-refractivity contribution in [3.8, 4) is 0 Å². The molecule has 1 heterocycles. The minimum absolute atomic E-state index is 0.201. The Morgan fingerprint density at radius 3 is 2.56 bits per heavy atom. The van der Waals surface area contributed by atoms with E-state index in [1.165, 1.54) is 11.0 Å². The lowest BCUT2D eigenvalue weighted by atomic mass is 10.1. The Kier molecular flexibility index (Phi) is 3.73. The molecule has 0 aromatic carbocycles. The Morgan fingerprint density at radius 1 is 1.44 bits per heavy atom. The Bertz CT molecular complexity index is 304. The molecule has 0 saturated carbocycles. The van der Waals surface area contributed by atoms with Gasteiger partial charge in [-0.2, -0.15) is 0 Å². The molecule has 1 atom stereocenters. The van der Waals surface area contributed by atoms with E-state index in [1.54, 1.807) is 0 Å². The molecule has 4 heteroatoms. The van der Waals surface area contributed by atoms with Crippen molar-refractivity contribution in [2.75, 3.05) is 6.54 Å². The number of hydrogen-bond donors (Lipinski definition) is 0. The lowest BCUT2D eigenvalue weighted by Crippen LogP contribution is -2.42. The number of likely N-dealkylation sites (tertiary alicyclic amines) is 1. The molecule has 1 aliphatic rings. The summed E-state index contributed by atoms with van der Waals surface area (Å²) >= 11 is 0. The van der Waals surface area contributed by atoms with Crippen LogP contribution in [0.2, 0.25) is 0 Å². The number of nitrogens with zero attached hydrogens (tertiary/aromatic N) is 1. The van der Waals surface area contributed by atoms with Crippen LogP contribution < -0.4 is 0 Å². The van der Waals surface area contributed by atoms with Crippen LogP contribution in [-0.4, -0.2) is 35.0 Å². The Morgan fingerprint density at radius 2 is 2.06 bits per heavy atom. The molecule has 0 spiro atoms. The highest BCUT2D eigenvalue weighted by molar-refractivity contribution is 5.91. The molecule has 0 radical (unpaired) electrons. The lowest BCUT2D eigenvalue weighted by molar-refractivity contribution is -0.162. The summed E-state index contributed by atoms with van der Waals surface area (Å²) in [5.41, 5.74) is -0.511. The number of esters is 1. The van der Waals surface area contributed by atoms with Crippen LogP contribution in [0.15, 0.2) is 12.7 Å². The third kappa shape index (κ3) is 3.08. The van der Waals surface area contributed by atoms with Gasteiger partial charge in [0.1, 0.15) is 11.6 Å². The first kappa shape index (κ1) is 12.7. The Hall–Kier alpha value is -1.32. The van der Waals surface area contributed by atoms with Crippen molar-refractivity contribution in [1.29, 1.82) is 0 Å². The summed E-state index contributed by atoms with van der Waals surface area (Å²) in [6.45, 7) is 9.49. The second-order valence-electron chi connectivity index (χ2n) is 4.93. The summed E-state index contributed by atoms with van der Waals surface area (Å²) in [6, 6.07) is -0.440. The highest BCUT2D eigenvalue weighted by Crippen LogP contribution is 2.21. The summed E-state index contributed by atoms with van der Waals surface area (Å²) in [6.07, 6.45) is 2.75. The fraction of sp³-hybridized carbons (Fsp3) is 0.667. The Balaban J connectivity index is 2.68. The van der Waals surface area contributed by atoms with Crippen LogP contribution in [0.5, 0.6) is 0 Å². The summed E-state index contributed by atoms with van der Waals surface area (Å²) < 4.78 is 5.28. The van der Waals surface area contributed by atoms with Crippen molar-refractivity contribution in [2.24, 2.45) is 0 Å². The van der Waals surface area contributed by atoms with Crippen molar-refractivity contribution in [1.82, 2.24) is 4.90 Å². The third-order valence-corrected chi connectivity index (χ3v) is 2.39. The van der Waals surface area contributed by atoms with Gasteiger partial charge in [-0.15, -0.1) is 0 Å². The molecule has 0 N–H and O–H groups in total. The molecule has 1 amide bonds. The number of rotatable bonds is 2. The first-order valence-electron chi connectivity index (χ1n) is 5.51. The van der Waals surface area contributed by atoms with E-state index in [0.29, 0.717) is 13.0 Å². The van der Waals surface area contributed by atoms with Gasteiger partial charge < -0.3 is 9.64 Å². The van der Waals surface area contributed by atoms with Crippen LogP contribution in [0, 0.1) is 0 Å². The fourth-order valence-corrected chi connectivity index (χ4v) is 1.76. The first-order valence-corrected chi connectivity index (χ1v) is 5.51. The van der Waals surface area contributed by atoms with Gasteiger partial charge in [0.15, 0.2) is 0 Å². The van der Waals surface area contributed by atoms with Crippen molar-refractivity contribution >= 4 is 11.9 Å². The molecule has 0 aromatic rings. The van der Waals surface area contributed by atoms with Crippen LogP contribution in [0.4, 0.5) is 0 Å². The molecule has 90 valence electrons. The van der Waals surface area contributed by atoms with E-state index in [1.807, 2.05) is 20.8 Å².